The Kier molecular flexibility index (Phi) is 3.28. The third-order valence-corrected chi connectivity index (χ3v) is 2.75. The van der Waals surface area contributed by atoms with Gasteiger partial charge in [0.15, 0.2) is 0 Å². The van der Waals surface area contributed by atoms with Crippen molar-refractivity contribution in [2.24, 2.45) is 5.73 Å². The first-order chi connectivity index (χ1) is 8.07. The number of aryl methyl sites for hydroxylation is 2. The van der Waals surface area contributed by atoms with E-state index in [1.165, 1.54) is 0 Å². The fourth-order valence-corrected chi connectivity index (χ4v) is 1.88. The summed E-state index contributed by atoms with van der Waals surface area (Å²) in [6.07, 6.45) is 10.3. The van der Waals surface area contributed by atoms with Crippen LogP contribution in [0.15, 0.2) is 31.2 Å². The summed E-state index contributed by atoms with van der Waals surface area (Å²) in [6.45, 7) is 5.88. The third kappa shape index (κ3) is 2.94. The molecule has 0 radical (unpaired) electrons. The molecule has 2 aromatic heterocycles. The van der Waals surface area contributed by atoms with Gasteiger partial charge in [-0.05, 0) is 20.3 Å². The van der Waals surface area contributed by atoms with Gasteiger partial charge in [0.1, 0.15) is 0 Å². The molecule has 0 unspecified atom stereocenters. The van der Waals surface area contributed by atoms with Gasteiger partial charge in [-0.2, -0.15) is 0 Å². The number of imidazole rings is 2. The van der Waals surface area contributed by atoms with Gasteiger partial charge in [0.2, 0.25) is 0 Å². The van der Waals surface area contributed by atoms with Gasteiger partial charge in [-0.25, -0.2) is 9.97 Å². The zero-order valence-corrected chi connectivity index (χ0v) is 10.4. The van der Waals surface area contributed by atoms with Crippen molar-refractivity contribution in [2.45, 2.75) is 38.9 Å². The molecule has 0 atom stereocenters. The molecule has 2 N–H and O–H groups in total. The molecule has 0 aromatic carbocycles. The van der Waals surface area contributed by atoms with Crippen LogP contribution in [-0.4, -0.2) is 19.1 Å². The number of hydrogen-bond acceptors (Lipinski definition) is 3. The highest BCUT2D eigenvalue weighted by Crippen LogP contribution is 2.16. The van der Waals surface area contributed by atoms with Crippen molar-refractivity contribution >= 4 is 0 Å². The van der Waals surface area contributed by atoms with E-state index < -0.39 is 0 Å². The predicted octanol–water partition coefficient (Wildman–Crippen LogP) is 1.36. The molecule has 2 aromatic rings. The van der Waals surface area contributed by atoms with E-state index in [0.29, 0.717) is 0 Å². The summed E-state index contributed by atoms with van der Waals surface area (Å²) < 4.78 is 4.20. The molecule has 0 aliphatic heterocycles. The third-order valence-electron chi connectivity index (χ3n) is 2.75. The average Bonchev–Trinajstić information content (AvgIpc) is 2.86. The van der Waals surface area contributed by atoms with E-state index in [-0.39, 0.29) is 5.54 Å². The number of nitrogens with zero attached hydrogens (tertiary/aromatic N) is 4. The quantitative estimate of drug-likeness (QED) is 0.848. The van der Waals surface area contributed by atoms with Gasteiger partial charge in [0, 0.05) is 31.7 Å². The van der Waals surface area contributed by atoms with Crippen LogP contribution in [0.5, 0.6) is 0 Å². The lowest BCUT2D eigenvalue weighted by Crippen LogP contribution is -2.31. The highest BCUT2D eigenvalue weighted by atomic mass is 15.1. The second-order valence-corrected chi connectivity index (χ2v) is 4.85. The minimum Gasteiger partial charge on any atom is -0.337 e. The van der Waals surface area contributed by atoms with E-state index >= 15 is 0 Å². The summed E-state index contributed by atoms with van der Waals surface area (Å²) in [5.41, 5.74) is 6.82. The molecule has 5 nitrogen and oxygen atoms in total. The molecule has 0 spiro atoms. The van der Waals surface area contributed by atoms with Crippen molar-refractivity contribution in [1.82, 2.24) is 19.1 Å². The summed E-state index contributed by atoms with van der Waals surface area (Å²) in [4.78, 5) is 8.19. The van der Waals surface area contributed by atoms with Crippen LogP contribution in [0.2, 0.25) is 0 Å². The van der Waals surface area contributed by atoms with E-state index in [9.17, 15) is 0 Å². The van der Waals surface area contributed by atoms with E-state index in [0.717, 1.165) is 25.2 Å². The van der Waals surface area contributed by atoms with Crippen molar-refractivity contribution in [3.63, 3.8) is 0 Å². The Bertz CT molecular complexity index is 449. The van der Waals surface area contributed by atoms with Crippen LogP contribution < -0.4 is 5.73 Å². The average molecular weight is 233 g/mol. The Morgan fingerprint density at radius 1 is 1.24 bits per heavy atom. The van der Waals surface area contributed by atoms with Crippen molar-refractivity contribution in [3.8, 4) is 0 Å². The molecular formula is C12H19N5. The SMILES string of the molecule is CC(C)(N)c1cncn1CCCn1ccnc1. The monoisotopic (exact) mass is 233 g/mol. The number of aromatic nitrogens is 4. The van der Waals surface area contributed by atoms with Gasteiger partial charge in [0.05, 0.1) is 23.9 Å². The van der Waals surface area contributed by atoms with Gasteiger partial charge in [-0.15, -0.1) is 0 Å². The normalized spacial score (nSPS) is 11.9. The van der Waals surface area contributed by atoms with Gasteiger partial charge in [-0.1, -0.05) is 0 Å². The summed E-state index contributed by atoms with van der Waals surface area (Å²) in [7, 11) is 0. The molecule has 2 rings (SSSR count). The van der Waals surface area contributed by atoms with Gasteiger partial charge < -0.3 is 14.9 Å². The van der Waals surface area contributed by atoms with Crippen molar-refractivity contribution in [1.29, 1.82) is 0 Å². The molecule has 0 aliphatic carbocycles. The Hall–Kier alpha value is -1.62. The van der Waals surface area contributed by atoms with Gasteiger partial charge in [-0.3, -0.25) is 0 Å². The highest BCUT2D eigenvalue weighted by molar-refractivity contribution is 5.09. The zero-order chi connectivity index (χ0) is 12.3. The maximum Gasteiger partial charge on any atom is 0.0948 e. The molecule has 17 heavy (non-hydrogen) atoms. The standard InChI is InChI=1S/C12H19N5/c1-12(2,13)11-8-15-10-17(11)6-3-5-16-7-4-14-9-16/h4,7-10H,3,5-6,13H2,1-2H3. The second kappa shape index (κ2) is 4.71. The molecule has 0 fully saturated rings. The summed E-state index contributed by atoms with van der Waals surface area (Å²) >= 11 is 0. The molecule has 5 heteroatoms. The van der Waals surface area contributed by atoms with Crippen molar-refractivity contribution in [3.05, 3.63) is 36.9 Å². The first-order valence-corrected chi connectivity index (χ1v) is 5.82. The number of hydrogen-bond donors (Lipinski definition) is 1. The lowest BCUT2D eigenvalue weighted by Gasteiger charge is -2.20. The number of rotatable bonds is 5. The van der Waals surface area contributed by atoms with Crippen molar-refractivity contribution in [2.75, 3.05) is 0 Å². The summed E-state index contributed by atoms with van der Waals surface area (Å²) in [5.74, 6) is 0. The molecule has 0 amide bonds. The van der Waals surface area contributed by atoms with Gasteiger partial charge in [0.25, 0.3) is 0 Å². The van der Waals surface area contributed by atoms with Crippen LogP contribution in [0.3, 0.4) is 0 Å². The fraction of sp³-hybridized carbons (Fsp3) is 0.500. The summed E-state index contributed by atoms with van der Waals surface area (Å²) in [5, 5.41) is 0. The lowest BCUT2D eigenvalue weighted by atomic mass is 10.0. The Morgan fingerprint density at radius 2 is 2.06 bits per heavy atom. The highest BCUT2D eigenvalue weighted by Gasteiger charge is 2.18. The molecule has 0 saturated heterocycles. The second-order valence-electron chi connectivity index (χ2n) is 4.85. The van der Waals surface area contributed by atoms with Crippen LogP contribution in [0.25, 0.3) is 0 Å². The Morgan fingerprint density at radius 3 is 2.71 bits per heavy atom. The van der Waals surface area contributed by atoms with Crippen LogP contribution in [0.1, 0.15) is 26.0 Å². The van der Waals surface area contributed by atoms with Gasteiger partial charge >= 0.3 is 0 Å². The maximum atomic E-state index is 6.09. The van der Waals surface area contributed by atoms with Crippen LogP contribution in [0, 0.1) is 0 Å². The van der Waals surface area contributed by atoms with E-state index in [4.69, 9.17) is 5.73 Å². The minimum absolute atomic E-state index is 0.342. The molecule has 92 valence electrons. The molecular weight excluding hydrogens is 214 g/mol. The van der Waals surface area contributed by atoms with E-state index in [1.807, 2.05) is 38.9 Å². The maximum absolute atomic E-state index is 6.09. The molecule has 0 bridgehead atoms. The van der Waals surface area contributed by atoms with E-state index in [2.05, 4.69) is 19.1 Å². The first kappa shape index (κ1) is 11.9. The first-order valence-electron chi connectivity index (χ1n) is 5.82. The Balaban J connectivity index is 1.93. The number of nitrogens with two attached hydrogens (primary N) is 1. The fourth-order valence-electron chi connectivity index (χ4n) is 1.88. The largest absolute Gasteiger partial charge is 0.337 e. The summed E-state index contributed by atoms with van der Waals surface area (Å²) in [6, 6.07) is 0. The van der Waals surface area contributed by atoms with E-state index in [1.54, 1.807) is 6.20 Å². The van der Waals surface area contributed by atoms with Crippen LogP contribution >= 0.6 is 0 Å². The smallest absolute Gasteiger partial charge is 0.0948 e. The predicted molar refractivity (Wildman–Crippen MR) is 66.3 cm³/mol. The molecule has 0 saturated carbocycles. The molecule has 2 heterocycles. The van der Waals surface area contributed by atoms with Crippen molar-refractivity contribution < 1.29 is 0 Å². The van der Waals surface area contributed by atoms with Crippen LogP contribution in [0.4, 0.5) is 0 Å². The Labute approximate surface area is 101 Å². The zero-order valence-electron chi connectivity index (χ0n) is 10.4. The molecule has 0 aliphatic rings. The topological polar surface area (TPSA) is 61.7 Å². The van der Waals surface area contributed by atoms with Crippen LogP contribution in [-0.2, 0) is 18.6 Å². The lowest BCUT2D eigenvalue weighted by molar-refractivity contribution is 0.473. The minimum atomic E-state index is -0.342.